The van der Waals surface area contributed by atoms with Gasteiger partial charge in [-0.3, -0.25) is 9.59 Å². The number of imidazole rings is 1. The van der Waals surface area contributed by atoms with Gasteiger partial charge in [0.2, 0.25) is 5.91 Å². The van der Waals surface area contributed by atoms with E-state index in [9.17, 15) is 9.59 Å². The molecule has 6 nitrogen and oxygen atoms in total. The Bertz CT molecular complexity index is 1020. The summed E-state index contributed by atoms with van der Waals surface area (Å²) in [5.74, 6) is 0.986. The zero-order valence-corrected chi connectivity index (χ0v) is 16.5. The van der Waals surface area contributed by atoms with Gasteiger partial charge in [0, 0.05) is 44.0 Å². The maximum absolute atomic E-state index is 12.6. The number of benzene rings is 2. The highest BCUT2D eigenvalue weighted by atomic mass is 16.2. The Morgan fingerprint density at radius 1 is 1.14 bits per heavy atom. The van der Waals surface area contributed by atoms with Crippen LogP contribution in [-0.2, 0) is 17.9 Å². The number of nitrogens with zero attached hydrogens (tertiary/aromatic N) is 3. The third-order valence-electron chi connectivity index (χ3n) is 5.28. The normalized spacial score (nSPS) is 13.7. The summed E-state index contributed by atoms with van der Waals surface area (Å²) < 4.78 is 2.01. The molecule has 1 aliphatic rings. The van der Waals surface area contributed by atoms with Gasteiger partial charge in [0.1, 0.15) is 5.82 Å². The molecule has 0 radical (unpaired) electrons. The molecule has 4 rings (SSSR count). The Morgan fingerprint density at radius 3 is 2.62 bits per heavy atom. The highest BCUT2D eigenvalue weighted by Gasteiger charge is 2.20. The minimum atomic E-state index is -0.119. The van der Waals surface area contributed by atoms with Crippen molar-refractivity contribution < 1.29 is 9.59 Å². The van der Waals surface area contributed by atoms with E-state index in [1.165, 1.54) is 0 Å². The van der Waals surface area contributed by atoms with Gasteiger partial charge >= 0.3 is 0 Å². The number of nitrogens with one attached hydrogen (secondary N) is 1. The van der Waals surface area contributed by atoms with Crippen molar-refractivity contribution in [3.8, 4) is 5.69 Å². The zero-order valence-electron chi connectivity index (χ0n) is 16.5. The molecule has 1 N–H and O–H groups in total. The van der Waals surface area contributed by atoms with Gasteiger partial charge < -0.3 is 14.8 Å². The van der Waals surface area contributed by atoms with Crippen LogP contribution in [0, 0.1) is 6.92 Å². The van der Waals surface area contributed by atoms with E-state index in [-0.39, 0.29) is 11.8 Å². The van der Waals surface area contributed by atoms with Crippen molar-refractivity contribution in [1.29, 1.82) is 0 Å². The molecule has 0 bridgehead atoms. The average molecular weight is 388 g/mol. The van der Waals surface area contributed by atoms with Crippen LogP contribution in [0.4, 0.5) is 0 Å². The molecule has 2 amide bonds. The van der Waals surface area contributed by atoms with E-state index >= 15 is 0 Å². The fourth-order valence-corrected chi connectivity index (χ4v) is 3.66. The predicted molar refractivity (Wildman–Crippen MR) is 111 cm³/mol. The standard InChI is InChI=1S/C23H24N4O2/c1-17-24-12-14-27(17)21-6-3-2-5-20(21)15-25-23(29)19-10-8-18(9-11-19)16-26-13-4-7-22(26)28/h2-3,5-6,8-12,14H,4,7,13,15-16H2,1H3,(H,25,29). The van der Waals surface area contributed by atoms with E-state index < -0.39 is 0 Å². The highest BCUT2D eigenvalue weighted by Crippen LogP contribution is 2.17. The monoisotopic (exact) mass is 388 g/mol. The van der Waals surface area contributed by atoms with Crippen LogP contribution in [0.2, 0.25) is 0 Å². The number of rotatable bonds is 6. The average Bonchev–Trinajstić information content (AvgIpc) is 3.35. The predicted octanol–water partition coefficient (Wildman–Crippen LogP) is 3.23. The van der Waals surface area contributed by atoms with E-state index in [1.54, 1.807) is 6.20 Å². The van der Waals surface area contributed by atoms with E-state index in [2.05, 4.69) is 10.3 Å². The van der Waals surface area contributed by atoms with Crippen LogP contribution in [0.5, 0.6) is 0 Å². The molecule has 2 aromatic carbocycles. The van der Waals surface area contributed by atoms with Gasteiger partial charge in [-0.2, -0.15) is 0 Å². The molecule has 0 unspecified atom stereocenters. The highest BCUT2D eigenvalue weighted by molar-refractivity contribution is 5.94. The first kappa shape index (κ1) is 18.9. The quantitative estimate of drug-likeness (QED) is 0.705. The molecule has 0 spiro atoms. The molecule has 6 heteroatoms. The van der Waals surface area contributed by atoms with Crippen LogP contribution < -0.4 is 5.32 Å². The number of amides is 2. The lowest BCUT2D eigenvalue weighted by molar-refractivity contribution is -0.128. The van der Waals surface area contributed by atoms with Crippen molar-refractivity contribution in [2.75, 3.05) is 6.54 Å². The molecule has 1 aliphatic heterocycles. The summed E-state index contributed by atoms with van der Waals surface area (Å²) in [7, 11) is 0. The van der Waals surface area contributed by atoms with Gasteiger partial charge in [-0.1, -0.05) is 30.3 Å². The maximum atomic E-state index is 12.6. The Kier molecular flexibility index (Phi) is 5.42. The molecule has 1 aromatic heterocycles. The lowest BCUT2D eigenvalue weighted by Crippen LogP contribution is -2.24. The summed E-state index contributed by atoms with van der Waals surface area (Å²) in [4.78, 5) is 30.5. The van der Waals surface area contributed by atoms with Crippen LogP contribution in [0.3, 0.4) is 0 Å². The third kappa shape index (κ3) is 4.21. The third-order valence-corrected chi connectivity index (χ3v) is 5.28. The van der Waals surface area contributed by atoms with Gasteiger partial charge in [0.05, 0.1) is 5.69 Å². The lowest BCUT2D eigenvalue weighted by Gasteiger charge is -2.15. The summed E-state index contributed by atoms with van der Waals surface area (Å²) >= 11 is 0. The first-order chi connectivity index (χ1) is 14.1. The first-order valence-electron chi connectivity index (χ1n) is 9.85. The fraction of sp³-hybridized carbons (Fsp3) is 0.261. The summed E-state index contributed by atoms with van der Waals surface area (Å²) in [5, 5.41) is 3.00. The Hall–Kier alpha value is -3.41. The molecule has 0 atom stereocenters. The molecule has 148 valence electrons. The van der Waals surface area contributed by atoms with E-state index in [4.69, 9.17) is 0 Å². The molecule has 0 saturated carbocycles. The van der Waals surface area contributed by atoms with Crippen LogP contribution in [0.25, 0.3) is 5.69 Å². The molecular formula is C23H24N4O2. The SMILES string of the molecule is Cc1nccn1-c1ccccc1CNC(=O)c1ccc(CN2CCCC2=O)cc1. The lowest BCUT2D eigenvalue weighted by atomic mass is 10.1. The molecule has 3 aromatic rings. The van der Waals surface area contributed by atoms with Crippen molar-refractivity contribution in [2.24, 2.45) is 0 Å². The second-order valence-electron chi connectivity index (χ2n) is 7.27. The van der Waals surface area contributed by atoms with Gasteiger partial charge in [-0.05, 0) is 42.7 Å². The fourth-order valence-electron chi connectivity index (χ4n) is 3.66. The number of hydrogen-bond donors (Lipinski definition) is 1. The van der Waals surface area contributed by atoms with Crippen LogP contribution >= 0.6 is 0 Å². The van der Waals surface area contributed by atoms with Crippen LogP contribution in [0.1, 0.15) is 40.2 Å². The summed E-state index contributed by atoms with van der Waals surface area (Å²) in [6.45, 7) is 3.80. The van der Waals surface area contributed by atoms with Gasteiger partial charge in [-0.15, -0.1) is 0 Å². The Balaban J connectivity index is 1.40. The number of carbonyl (C=O) groups is 2. The summed E-state index contributed by atoms with van der Waals surface area (Å²) in [6, 6.07) is 15.4. The number of carbonyl (C=O) groups excluding carboxylic acids is 2. The number of hydrogen-bond acceptors (Lipinski definition) is 3. The van der Waals surface area contributed by atoms with Crippen molar-refractivity contribution in [2.45, 2.75) is 32.9 Å². The van der Waals surface area contributed by atoms with Gasteiger partial charge in [-0.25, -0.2) is 4.98 Å². The van der Waals surface area contributed by atoms with Crippen molar-refractivity contribution >= 4 is 11.8 Å². The largest absolute Gasteiger partial charge is 0.348 e. The molecule has 2 heterocycles. The Labute approximate surface area is 170 Å². The number of likely N-dealkylation sites (tertiary alicyclic amines) is 1. The number of para-hydroxylation sites is 1. The minimum absolute atomic E-state index is 0.119. The van der Waals surface area contributed by atoms with E-state index in [1.807, 2.05) is 71.1 Å². The molecule has 1 saturated heterocycles. The van der Waals surface area contributed by atoms with E-state index in [0.29, 0.717) is 25.1 Å². The Morgan fingerprint density at radius 2 is 1.93 bits per heavy atom. The van der Waals surface area contributed by atoms with Crippen LogP contribution in [-0.4, -0.2) is 32.8 Å². The molecular weight excluding hydrogens is 364 g/mol. The van der Waals surface area contributed by atoms with Gasteiger partial charge in [0.25, 0.3) is 5.91 Å². The second-order valence-corrected chi connectivity index (χ2v) is 7.27. The van der Waals surface area contributed by atoms with E-state index in [0.717, 1.165) is 35.6 Å². The maximum Gasteiger partial charge on any atom is 0.251 e. The number of aryl methyl sites for hydroxylation is 1. The molecule has 0 aliphatic carbocycles. The summed E-state index contributed by atoms with van der Waals surface area (Å²) in [6.07, 6.45) is 5.25. The van der Waals surface area contributed by atoms with Gasteiger partial charge in [0.15, 0.2) is 0 Å². The second kappa shape index (κ2) is 8.31. The molecule has 29 heavy (non-hydrogen) atoms. The summed E-state index contributed by atoms with van der Waals surface area (Å²) in [5.41, 5.74) is 3.68. The topological polar surface area (TPSA) is 67.2 Å². The van der Waals surface area contributed by atoms with Crippen molar-refractivity contribution in [3.63, 3.8) is 0 Å². The zero-order chi connectivity index (χ0) is 20.2. The first-order valence-corrected chi connectivity index (χ1v) is 9.85. The van der Waals surface area contributed by atoms with Crippen molar-refractivity contribution in [3.05, 3.63) is 83.4 Å². The molecule has 1 fully saturated rings. The minimum Gasteiger partial charge on any atom is -0.348 e. The number of aromatic nitrogens is 2. The van der Waals surface area contributed by atoms with Crippen LogP contribution in [0.15, 0.2) is 60.9 Å². The van der Waals surface area contributed by atoms with Crippen molar-refractivity contribution in [1.82, 2.24) is 19.8 Å². The smallest absolute Gasteiger partial charge is 0.251 e.